The summed E-state index contributed by atoms with van der Waals surface area (Å²) in [5.74, 6) is -0.334. The fourth-order valence-electron chi connectivity index (χ4n) is 1.36. The summed E-state index contributed by atoms with van der Waals surface area (Å²) in [4.78, 5) is 11.5. The van der Waals surface area contributed by atoms with Gasteiger partial charge in [0, 0.05) is 12.5 Å². The van der Waals surface area contributed by atoms with Gasteiger partial charge in [-0.25, -0.2) is 0 Å². The second-order valence-electron chi connectivity index (χ2n) is 4.26. The molecule has 1 aromatic rings. The Labute approximate surface area is 113 Å². The highest BCUT2D eigenvalue weighted by Gasteiger charge is 2.30. The number of anilines is 1. The summed E-state index contributed by atoms with van der Waals surface area (Å²) in [5.41, 5.74) is 4.80. The third kappa shape index (κ3) is 5.08. The largest absolute Gasteiger partial charge is 0.416 e. The first-order valence-electron chi connectivity index (χ1n) is 5.62. The molecule has 1 rings (SSSR count). The van der Waals surface area contributed by atoms with Gasteiger partial charge in [-0.1, -0.05) is 11.6 Å². The molecule has 0 aliphatic carbocycles. The Bertz CT molecular complexity index is 461. The van der Waals surface area contributed by atoms with Gasteiger partial charge in [0.15, 0.2) is 0 Å². The summed E-state index contributed by atoms with van der Waals surface area (Å²) >= 11 is 5.70. The second kappa shape index (κ2) is 6.25. The molecule has 0 fully saturated rings. The third-order valence-corrected chi connectivity index (χ3v) is 2.71. The lowest BCUT2D eigenvalue weighted by molar-refractivity contribution is -0.137. The highest BCUT2D eigenvalue weighted by Crippen LogP contribution is 2.33. The summed E-state index contributed by atoms with van der Waals surface area (Å²) in [7, 11) is 0. The number of nitrogens with two attached hydrogens (primary N) is 1. The van der Waals surface area contributed by atoms with E-state index in [4.69, 9.17) is 17.3 Å². The van der Waals surface area contributed by atoms with Crippen LogP contribution in [0.2, 0.25) is 5.02 Å². The molecule has 0 aliphatic heterocycles. The fraction of sp³-hybridized carbons (Fsp3) is 0.417. The minimum atomic E-state index is -4.46. The lowest BCUT2D eigenvalue weighted by Gasteiger charge is -2.11. The van der Waals surface area contributed by atoms with Crippen molar-refractivity contribution in [3.05, 3.63) is 28.8 Å². The van der Waals surface area contributed by atoms with Crippen LogP contribution in [0.3, 0.4) is 0 Å². The van der Waals surface area contributed by atoms with Gasteiger partial charge in [0.25, 0.3) is 0 Å². The Morgan fingerprint density at radius 2 is 2.11 bits per heavy atom. The van der Waals surface area contributed by atoms with Crippen LogP contribution < -0.4 is 11.1 Å². The van der Waals surface area contributed by atoms with Crippen molar-refractivity contribution in [1.82, 2.24) is 0 Å². The van der Waals surface area contributed by atoms with Gasteiger partial charge in [0.1, 0.15) is 0 Å². The van der Waals surface area contributed by atoms with E-state index in [0.717, 1.165) is 18.2 Å². The minimum absolute atomic E-state index is 0.117. The molecule has 1 unspecified atom stereocenters. The van der Waals surface area contributed by atoms with E-state index in [1.165, 1.54) is 0 Å². The Balaban J connectivity index is 2.73. The summed E-state index contributed by atoms with van der Waals surface area (Å²) in [5, 5.41) is 2.30. The molecule has 1 aromatic carbocycles. The first-order chi connectivity index (χ1) is 8.70. The molecule has 1 amide bonds. The van der Waals surface area contributed by atoms with E-state index in [1.54, 1.807) is 6.92 Å². The predicted molar refractivity (Wildman–Crippen MR) is 68.0 cm³/mol. The van der Waals surface area contributed by atoms with Gasteiger partial charge >= 0.3 is 6.18 Å². The Morgan fingerprint density at radius 3 is 2.58 bits per heavy atom. The quantitative estimate of drug-likeness (QED) is 0.894. The number of amides is 1. The highest BCUT2D eigenvalue weighted by molar-refractivity contribution is 6.33. The topological polar surface area (TPSA) is 55.1 Å². The van der Waals surface area contributed by atoms with Crippen LogP contribution in [0.25, 0.3) is 0 Å². The van der Waals surface area contributed by atoms with Crippen molar-refractivity contribution in [2.45, 2.75) is 32.0 Å². The molecule has 0 aliphatic rings. The number of nitrogens with one attached hydrogen (secondary N) is 1. The summed E-state index contributed by atoms with van der Waals surface area (Å²) in [6, 6.07) is 2.67. The van der Waals surface area contributed by atoms with E-state index in [2.05, 4.69) is 5.32 Å². The van der Waals surface area contributed by atoms with E-state index >= 15 is 0 Å². The number of hydrogen-bond donors (Lipinski definition) is 2. The van der Waals surface area contributed by atoms with Crippen LogP contribution in [0.4, 0.5) is 18.9 Å². The monoisotopic (exact) mass is 294 g/mol. The van der Waals surface area contributed by atoms with Crippen LogP contribution in [-0.2, 0) is 11.0 Å². The average molecular weight is 295 g/mol. The van der Waals surface area contributed by atoms with Crippen molar-refractivity contribution in [2.75, 3.05) is 5.32 Å². The molecule has 0 saturated heterocycles. The van der Waals surface area contributed by atoms with Gasteiger partial charge in [0.2, 0.25) is 5.91 Å². The third-order valence-electron chi connectivity index (χ3n) is 2.40. The summed E-state index contributed by atoms with van der Waals surface area (Å²) < 4.78 is 37.2. The van der Waals surface area contributed by atoms with Crippen molar-refractivity contribution >= 4 is 23.2 Å². The molecule has 1 atom stereocenters. The number of benzene rings is 1. The smallest absolute Gasteiger partial charge is 0.328 e. The number of hydrogen-bond acceptors (Lipinski definition) is 2. The number of halogens is 4. The van der Waals surface area contributed by atoms with Crippen molar-refractivity contribution in [3.8, 4) is 0 Å². The van der Waals surface area contributed by atoms with Crippen LogP contribution in [0, 0.1) is 0 Å². The molecule has 0 heterocycles. The molecule has 0 radical (unpaired) electrons. The number of carbonyl (C=O) groups excluding carboxylic acids is 1. The molecule has 0 bridgehead atoms. The van der Waals surface area contributed by atoms with Gasteiger partial charge in [-0.15, -0.1) is 0 Å². The lowest BCUT2D eigenvalue weighted by atomic mass is 10.1. The van der Waals surface area contributed by atoms with Gasteiger partial charge in [-0.3, -0.25) is 4.79 Å². The molecule has 0 spiro atoms. The van der Waals surface area contributed by atoms with E-state index < -0.39 is 11.7 Å². The van der Waals surface area contributed by atoms with Crippen LogP contribution in [0.15, 0.2) is 18.2 Å². The van der Waals surface area contributed by atoms with Crippen molar-refractivity contribution in [2.24, 2.45) is 5.73 Å². The average Bonchev–Trinajstić information content (AvgIpc) is 2.27. The second-order valence-corrected chi connectivity index (χ2v) is 4.66. The molecule has 7 heteroatoms. The van der Waals surface area contributed by atoms with E-state index in [-0.39, 0.29) is 29.1 Å². The Hall–Kier alpha value is -1.27. The number of alkyl halides is 3. The molecular formula is C12H14ClF3N2O. The van der Waals surface area contributed by atoms with Gasteiger partial charge in [-0.2, -0.15) is 13.2 Å². The van der Waals surface area contributed by atoms with Crippen LogP contribution >= 0.6 is 11.6 Å². The maximum Gasteiger partial charge on any atom is 0.416 e. The molecular weight excluding hydrogens is 281 g/mol. The molecule has 19 heavy (non-hydrogen) atoms. The van der Waals surface area contributed by atoms with Crippen molar-refractivity contribution < 1.29 is 18.0 Å². The maximum absolute atomic E-state index is 12.4. The Morgan fingerprint density at radius 1 is 1.47 bits per heavy atom. The van der Waals surface area contributed by atoms with E-state index in [1.807, 2.05) is 0 Å². The standard InChI is InChI=1S/C12H14ClF3N2O/c1-7(17)2-5-11(19)18-10-4-3-8(6-9(10)13)12(14,15)16/h3-4,6-7H,2,5,17H2,1H3,(H,18,19). The molecule has 0 aromatic heterocycles. The van der Waals surface area contributed by atoms with Crippen molar-refractivity contribution in [1.29, 1.82) is 0 Å². The molecule has 106 valence electrons. The van der Waals surface area contributed by atoms with Crippen LogP contribution in [-0.4, -0.2) is 11.9 Å². The lowest BCUT2D eigenvalue weighted by Crippen LogP contribution is -2.19. The minimum Gasteiger partial charge on any atom is -0.328 e. The maximum atomic E-state index is 12.4. The van der Waals surface area contributed by atoms with Gasteiger partial charge in [-0.05, 0) is 31.5 Å². The van der Waals surface area contributed by atoms with Gasteiger partial charge < -0.3 is 11.1 Å². The first-order valence-corrected chi connectivity index (χ1v) is 6.00. The zero-order valence-corrected chi connectivity index (χ0v) is 11.0. The summed E-state index contributed by atoms with van der Waals surface area (Å²) in [6.45, 7) is 1.76. The number of rotatable bonds is 4. The van der Waals surface area contributed by atoms with Crippen LogP contribution in [0.5, 0.6) is 0 Å². The molecule has 0 saturated carbocycles. The predicted octanol–water partition coefficient (Wildman–Crippen LogP) is 3.42. The number of carbonyl (C=O) groups is 1. The fourth-order valence-corrected chi connectivity index (χ4v) is 1.59. The van der Waals surface area contributed by atoms with Crippen molar-refractivity contribution in [3.63, 3.8) is 0 Å². The van der Waals surface area contributed by atoms with E-state index in [9.17, 15) is 18.0 Å². The SMILES string of the molecule is CC(N)CCC(=O)Nc1ccc(C(F)(F)F)cc1Cl. The Kier molecular flexibility index (Phi) is 5.20. The molecule has 3 nitrogen and oxygen atoms in total. The van der Waals surface area contributed by atoms with Gasteiger partial charge in [0.05, 0.1) is 16.3 Å². The zero-order valence-electron chi connectivity index (χ0n) is 10.2. The van der Waals surface area contributed by atoms with Crippen LogP contribution in [0.1, 0.15) is 25.3 Å². The zero-order chi connectivity index (χ0) is 14.6. The summed E-state index contributed by atoms with van der Waals surface area (Å²) in [6.07, 6.45) is -3.78. The normalized spacial score (nSPS) is 13.2. The van der Waals surface area contributed by atoms with E-state index in [0.29, 0.717) is 6.42 Å². The first kappa shape index (κ1) is 15.8. The molecule has 3 N–H and O–H groups in total. The highest BCUT2D eigenvalue weighted by atomic mass is 35.5.